The van der Waals surface area contributed by atoms with E-state index in [2.05, 4.69) is 10.6 Å². The van der Waals surface area contributed by atoms with E-state index in [0.717, 1.165) is 0 Å². The van der Waals surface area contributed by atoms with Gasteiger partial charge in [0, 0.05) is 12.2 Å². The van der Waals surface area contributed by atoms with Gasteiger partial charge in [-0.05, 0) is 54.1 Å². The van der Waals surface area contributed by atoms with Crippen molar-refractivity contribution >= 4 is 27.6 Å². The molecule has 0 unspecified atom stereocenters. The Morgan fingerprint density at radius 2 is 1.55 bits per heavy atom. The fraction of sp³-hybridized carbons (Fsp3) is 0.0476. The highest BCUT2D eigenvalue weighted by Gasteiger charge is 2.10. The van der Waals surface area contributed by atoms with Gasteiger partial charge >= 0.3 is 6.03 Å². The van der Waals surface area contributed by atoms with Gasteiger partial charge in [0.1, 0.15) is 11.5 Å². The fourth-order valence-corrected chi connectivity index (χ4v) is 3.16. The molecule has 0 fully saturated rings. The summed E-state index contributed by atoms with van der Waals surface area (Å²) in [6.07, 6.45) is 0. The van der Waals surface area contributed by atoms with Gasteiger partial charge in [-0.2, -0.15) is 0 Å². The second kappa shape index (κ2) is 9.28. The minimum absolute atomic E-state index is 0.00135. The number of benzene rings is 3. The lowest BCUT2D eigenvalue weighted by molar-refractivity contribution is 0.0998. The molecule has 3 amide bonds. The largest absolute Gasteiger partial charge is 0.457 e. The molecule has 31 heavy (non-hydrogen) atoms. The van der Waals surface area contributed by atoms with Gasteiger partial charge in [0.2, 0.25) is 10.0 Å². The summed E-state index contributed by atoms with van der Waals surface area (Å²) < 4.78 is 28.2. The van der Waals surface area contributed by atoms with E-state index in [4.69, 9.17) is 15.6 Å². The molecular formula is C21H20N4O5S. The predicted molar refractivity (Wildman–Crippen MR) is 115 cm³/mol. The number of primary amides is 1. The van der Waals surface area contributed by atoms with Gasteiger partial charge in [-0.1, -0.05) is 24.3 Å². The number of ether oxygens (including phenoxy) is 1. The first-order valence-electron chi connectivity index (χ1n) is 9.06. The molecule has 0 atom stereocenters. The van der Waals surface area contributed by atoms with Crippen molar-refractivity contribution in [3.8, 4) is 11.5 Å². The van der Waals surface area contributed by atoms with Gasteiger partial charge in [0.25, 0.3) is 5.91 Å². The Morgan fingerprint density at radius 3 is 2.16 bits per heavy atom. The molecule has 3 aromatic carbocycles. The van der Waals surface area contributed by atoms with Gasteiger partial charge in [0.15, 0.2) is 0 Å². The standard InChI is InChI=1S/C21H20N4O5S/c22-20(26)18-3-1-2-4-19(18)30-16-9-7-15(8-10-16)25-21(27)24-13-14-5-11-17(12-6-14)31(23,28)29/h1-12H,13H2,(H2,22,26)(H2,23,28,29)(H2,24,25,27). The van der Waals surface area contributed by atoms with Crippen molar-refractivity contribution in [2.24, 2.45) is 10.9 Å². The molecule has 0 spiro atoms. The number of rotatable bonds is 7. The zero-order chi connectivity index (χ0) is 22.4. The van der Waals surface area contributed by atoms with Crippen molar-refractivity contribution in [2.45, 2.75) is 11.4 Å². The highest BCUT2D eigenvalue weighted by molar-refractivity contribution is 7.89. The first kappa shape index (κ1) is 21.8. The Balaban J connectivity index is 1.55. The summed E-state index contributed by atoms with van der Waals surface area (Å²) in [5, 5.41) is 10.4. The molecule has 0 saturated carbocycles. The van der Waals surface area contributed by atoms with Crippen molar-refractivity contribution in [1.29, 1.82) is 0 Å². The van der Waals surface area contributed by atoms with Crippen LogP contribution in [-0.2, 0) is 16.6 Å². The number of hydrogen-bond donors (Lipinski definition) is 4. The average molecular weight is 440 g/mol. The average Bonchev–Trinajstić information content (AvgIpc) is 2.73. The summed E-state index contributed by atoms with van der Waals surface area (Å²) in [5.41, 5.74) is 6.84. The molecule has 10 heteroatoms. The number of carbonyl (C=O) groups is 2. The van der Waals surface area contributed by atoms with Crippen LogP contribution in [0.4, 0.5) is 10.5 Å². The molecule has 0 aliphatic carbocycles. The fourth-order valence-electron chi connectivity index (χ4n) is 2.65. The molecule has 9 nitrogen and oxygen atoms in total. The molecular weight excluding hydrogens is 420 g/mol. The van der Waals surface area contributed by atoms with E-state index < -0.39 is 22.0 Å². The number of carbonyl (C=O) groups excluding carboxylic acids is 2. The van der Waals surface area contributed by atoms with Gasteiger partial charge in [-0.3, -0.25) is 4.79 Å². The highest BCUT2D eigenvalue weighted by atomic mass is 32.2. The molecule has 0 aliphatic heterocycles. The number of hydrogen-bond acceptors (Lipinski definition) is 5. The quantitative estimate of drug-likeness (QED) is 0.445. The van der Waals surface area contributed by atoms with Crippen molar-refractivity contribution in [1.82, 2.24) is 5.32 Å². The van der Waals surface area contributed by atoms with E-state index in [9.17, 15) is 18.0 Å². The molecule has 0 aliphatic rings. The van der Waals surface area contributed by atoms with E-state index >= 15 is 0 Å². The van der Waals surface area contributed by atoms with Crippen LogP contribution >= 0.6 is 0 Å². The lowest BCUT2D eigenvalue weighted by Crippen LogP contribution is -2.28. The van der Waals surface area contributed by atoms with Crippen LogP contribution in [0.15, 0.2) is 77.7 Å². The number of primary sulfonamides is 1. The monoisotopic (exact) mass is 440 g/mol. The topological polar surface area (TPSA) is 154 Å². The molecule has 0 bridgehead atoms. The van der Waals surface area contributed by atoms with Crippen molar-refractivity contribution in [3.05, 3.63) is 83.9 Å². The van der Waals surface area contributed by atoms with Crippen LogP contribution in [0.3, 0.4) is 0 Å². The van der Waals surface area contributed by atoms with E-state index in [0.29, 0.717) is 22.7 Å². The van der Waals surface area contributed by atoms with Crippen molar-refractivity contribution < 1.29 is 22.7 Å². The number of anilines is 1. The number of para-hydroxylation sites is 1. The van der Waals surface area contributed by atoms with Crippen LogP contribution < -0.4 is 26.2 Å². The lowest BCUT2D eigenvalue weighted by atomic mass is 10.2. The van der Waals surface area contributed by atoms with Gasteiger partial charge in [0.05, 0.1) is 10.5 Å². The third kappa shape index (κ3) is 6.04. The summed E-state index contributed by atoms with van der Waals surface area (Å²) in [4.78, 5) is 23.6. The number of sulfonamides is 1. The van der Waals surface area contributed by atoms with Gasteiger partial charge < -0.3 is 21.1 Å². The number of amides is 3. The first-order valence-corrected chi connectivity index (χ1v) is 10.6. The smallest absolute Gasteiger partial charge is 0.319 e. The molecule has 0 heterocycles. The Bertz CT molecular complexity index is 1190. The molecule has 0 saturated heterocycles. The zero-order valence-electron chi connectivity index (χ0n) is 16.2. The molecule has 3 rings (SSSR count). The summed E-state index contributed by atoms with van der Waals surface area (Å²) in [6, 6.07) is 18.6. The van der Waals surface area contributed by atoms with Crippen LogP contribution in [0.1, 0.15) is 15.9 Å². The number of nitrogens with one attached hydrogen (secondary N) is 2. The summed E-state index contributed by atoms with van der Waals surface area (Å²) in [6.45, 7) is 0.196. The Hall–Kier alpha value is -3.89. The van der Waals surface area contributed by atoms with Crippen molar-refractivity contribution in [3.63, 3.8) is 0 Å². The minimum Gasteiger partial charge on any atom is -0.457 e. The van der Waals surface area contributed by atoms with Gasteiger partial charge in [-0.15, -0.1) is 0 Å². The Kier molecular flexibility index (Phi) is 6.53. The zero-order valence-corrected chi connectivity index (χ0v) is 17.1. The third-order valence-corrected chi connectivity index (χ3v) is 5.13. The van der Waals surface area contributed by atoms with Crippen LogP contribution in [0.5, 0.6) is 11.5 Å². The maximum atomic E-state index is 12.1. The first-order chi connectivity index (χ1) is 14.7. The van der Waals surface area contributed by atoms with Crippen LogP contribution in [0.25, 0.3) is 0 Å². The number of nitrogens with two attached hydrogens (primary N) is 2. The maximum absolute atomic E-state index is 12.1. The third-order valence-electron chi connectivity index (χ3n) is 4.20. The summed E-state index contributed by atoms with van der Waals surface area (Å²) in [7, 11) is -3.75. The lowest BCUT2D eigenvalue weighted by Gasteiger charge is -2.11. The van der Waals surface area contributed by atoms with Crippen LogP contribution in [-0.4, -0.2) is 20.4 Å². The maximum Gasteiger partial charge on any atom is 0.319 e. The molecule has 3 aromatic rings. The van der Waals surface area contributed by atoms with E-state index in [-0.39, 0.29) is 17.0 Å². The minimum atomic E-state index is -3.75. The van der Waals surface area contributed by atoms with Crippen molar-refractivity contribution in [2.75, 3.05) is 5.32 Å². The second-order valence-corrected chi connectivity index (χ2v) is 8.04. The summed E-state index contributed by atoms with van der Waals surface area (Å²) >= 11 is 0. The SMILES string of the molecule is NC(=O)c1ccccc1Oc1ccc(NC(=O)NCc2ccc(S(N)(=O)=O)cc2)cc1. The number of urea groups is 1. The normalized spacial score (nSPS) is 10.9. The van der Waals surface area contributed by atoms with Gasteiger partial charge in [-0.25, -0.2) is 18.4 Å². The van der Waals surface area contributed by atoms with Crippen LogP contribution in [0, 0.1) is 0 Å². The highest BCUT2D eigenvalue weighted by Crippen LogP contribution is 2.26. The second-order valence-electron chi connectivity index (χ2n) is 6.48. The van der Waals surface area contributed by atoms with E-state index in [1.54, 1.807) is 60.7 Å². The Morgan fingerprint density at radius 1 is 0.903 bits per heavy atom. The molecule has 0 radical (unpaired) electrons. The molecule has 0 aromatic heterocycles. The predicted octanol–water partition coefficient (Wildman–Crippen LogP) is 2.55. The summed E-state index contributed by atoms with van der Waals surface area (Å²) in [5.74, 6) is 0.210. The Labute approximate surface area is 179 Å². The molecule has 160 valence electrons. The van der Waals surface area contributed by atoms with Crippen LogP contribution in [0.2, 0.25) is 0 Å². The van der Waals surface area contributed by atoms with E-state index in [1.807, 2.05) is 0 Å². The van der Waals surface area contributed by atoms with E-state index in [1.165, 1.54) is 12.1 Å². The molecule has 6 N–H and O–H groups in total.